The first-order chi connectivity index (χ1) is 14.2. The summed E-state index contributed by atoms with van der Waals surface area (Å²) in [6, 6.07) is 14.3. The van der Waals surface area contributed by atoms with Gasteiger partial charge in [-0.05, 0) is 49.4 Å². The fourth-order valence-corrected chi connectivity index (χ4v) is 3.12. The molecule has 4 rings (SSSR count). The number of hydrogen-bond donors (Lipinski definition) is 1. The van der Waals surface area contributed by atoms with Gasteiger partial charge in [-0.1, -0.05) is 12.1 Å². The Bertz CT molecular complexity index is 1250. The molecule has 1 N–H and O–H groups in total. The SMILES string of the molecule is Cc1nc2ccccc2n1-c1ccc([N+](=O)[O-])c(Nc2ccc(C(F)(F)F)cc2)n1. The van der Waals surface area contributed by atoms with E-state index in [1.165, 1.54) is 24.3 Å². The normalized spacial score (nSPS) is 11.6. The number of alkyl halides is 3. The summed E-state index contributed by atoms with van der Waals surface area (Å²) in [6.07, 6.45) is -4.47. The number of aromatic nitrogens is 3. The number of benzene rings is 2. The molecule has 0 aliphatic rings. The standard InChI is InChI=1S/C20H14F3N5O2/c1-12-24-15-4-2-3-5-16(15)27(12)18-11-10-17(28(29)30)19(26-18)25-14-8-6-13(7-9-14)20(21,22)23/h2-11H,1H3,(H,25,26). The van der Waals surface area contributed by atoms with E-state index in [1.54, 1.807) is 11.5 Å². The van der Waals surface area contributed by atoms with Crippen LogP contribution in [0.4, 0.5) is 30.4 Å². The molecule has 7 nitrogen and oxygen atoms in total. The van der Waals surface area contributed by atoms with Gasteiger partial charge >= 0.3 is 11.9 Å². The number of aryl methyl sites for hydroxylation is 1. The first-order valence-corrected chi connectivity index (χ1v) is 8.78. The molecule has 0 aliphatic heterocycles. The molecule has 2 aromatic heterocycles. The number of para-hydroxylation sites is 2. The summed E-state index contributed by atoms with van der Waals surface area (Å²) in [6.45, 7) is 1.78. The first kappa shape index (κ1) is 19.4. The molecule has 0 fully saturated rings. The van der Waals surface area contributed by atoms with Gasteiger partial charge in [0.2, 0.25) is 5.82 Å². The maximum atomic E-state index is 12.8. The lowest BCUT2D eigenvalue weighted by molar-refractivity contribution is -0.384. The predicted octanol–water partition coefficient (Wildman–Crippen LogP) is 5.40. The minimum atomic E-state index is -4.47. The van der Waals surface area contributed by atoms with Crippen molar-refractivity contribution in [2.45, 2.75) is 13.1 Å². The zero-order valence-corrected chi connectivity index (χ0v) is 15.5. The molecule has 30 heavy (non-hydrogen) atoms. The molecule has 2 heterocycles. The average Bonchev–Trinajstić information content (AvgIpc) is 3.03. The van der Waals surface area contributed by atoms with E-state index >= 15 is 0 Å². The van der Waals surface area contributed by atoms with Crippen molar-refractivity contribution in [3.05, 3.63) is 82.2 Å². The van der Waals surface area contributed by atoms with Crippen LogP contribution in [0.3, 0.4) is 0 Å². The molecule has 0 unspecified atom stereocenters. The molecule has 0 amide bonds. The van der Waals surface area contributed by atoms with Gasteiger partial charge in [0.1, 0.15) is 11.6 Å². The number of nitrogens with one attached hydrogen (secondary N) is 1. The van der Waals surface area contributed by atoms with Crippen molar-refractivity contribution in [1.29, 1.82) is 0 Å². The fraction of sp³-hybridized carbons (Fsp3) is 0.100. The molecule has 152 valence electrons. The summed E-state index contributed by atoms with van der Waals surface area (Å²) in [4.78, 5) is 19.6. The van der Waals surface area contributed by atoms with Gasteiger partial charge < -0.3 is 5.32 Å². The molecule has 10 heteroatoms. The monoisotopic (exact) mass is 413 g/mol. The van der Waals surface area contributed by atoms with Gasteiger partial charge in [0.25, 0.3) is 0 Å². The highest BCUT2D eigenvalue weighted by molar-refractivity contribution is 5.78. The summed E-state index contributed by atoms with van der Waals surface area (Å²) in [5.74, 6) is 0.939. The maximum Gasteiger partial charge on any atom is 0.416 e. The lowest BCUT2D eigenvalue weighted by atomic mass is 10.2. The quantitative estimate of drug-likeness (QED) is 0.358. The molecular weight excluding hydrogens is 399 g/mol. The van der Waals surface area contributed by atoms with Gasteiger partial charge in [-0.15, -0.1) is 0 Å². The Morgan fingerprint density at radius 3 is 2.37 bits per heavy atom. The fourth-order valence-electron chi connectivity index (χ4n) is 3.12. The van der Waals surface area contributed by atoms with E-state index in [0.717, 1.165) is 23.2 Å². The number of fused-ring (bicyclic) bond motifs is 1. The number of imidazole rings is 1. The van der Waals surface area contributed by atoms with Crippen LogP contribution in [0, 0.1) is 17.0 Å². The van der Waals surface area contributed by atoms with Crippen molar-refractivity contribution in [3.63, 3.8) is 0 Å². The van der Waals surface area contributed by atoms with Crippen molar-refractivity contribution in [3.8, 4) is 5.82 Å². The lowest BCUT2D eigenvalue weighted by Crippen LogP contribution is -2.06. The van der Waals surface area contributed by atoms with E-state index in [-0.39, 0.29) is 17.2 Å². The number of halogens is 3. The van der Waals surface area contributed by atoms with Crippen molar-refractivity contribution in [2.24, 2.45) is 0 Å². The van der Waals surface area contributed by atoms with E-state index in [2.05, 4.69) is 15.3 Å². The van der Waals surface area contributed by atoms with Crippen molar-refractivity contribution < 1.29 is 18.1 Å². The third-order valence-corrected chi connectivity index (χ3v) is 4.49. The third kappa shape index (κ3) is 3.54. The second-order valence-electron chi connectivity index (χ2n) is 6.48. The first-order valence-electron chi connectivity index (χ1n) is 8.78. The van der Waals surface area contributed by atoms with Crippen LogP contribution in [0.2, 0.25) is 0 Å². The lowest BCUT2D eigenvalue weighted by Gasteiger charge is -2.11. The van der Waals surface area contributed by atoms with E-state index in [9.17, 15) is 23.3 Å². The van der Waals surface area contributed by atoms with Crippen molar-refractivity contribution >= 4 is 28.2 Å². The Morgan fingerprint density at radius 2 is 1.70 bits per heavy atom. The van der Waals surface area contributed by atoms with Crippen LogP contribution in [-0.2, 0) is 6.18 Å². The van der Waals surface area contributed by atoms with Gasteiger partial charge in [-0.2, -0.15) is 13.2 Å². The Labute approximate surface area is 168 Å². The second-order valence-corrected chi connectivity index (χ2v) is 6.48. The molecule has 4 aromatic rings. The molecule has 0 atom stereocenters. The van der Waals surface area contributed by atoms with Gasteiger partial charge in [-0.25, -0.2) is 9.97 Å². The van der Waals surface area contributed by atoms with E-state index in [0.29, 0.717) is 11.6 Å². The van der Waals surface area contributed by atoms with E-state index < -0.39 is 16.7 Å². The summed E-state index contributed by atoms with van der Waals surface area (Å²) in [5.41, 5.74) is 0.637. The van der Waals surface area contributed by atoms with Crippen LogP contribution in [0.1, 0.15) is 11.4 Å². The molecule has 0 bridgehead atoms. The topological polar surface area (TPSA) is 85.9 Å². The highest BCUT2D eigenvalue weighted by atomic mass is 19.4. The van der Waals surface area contributed by atoms with Crippen LogP contribution < -0.4 is 5.32 Å². The van der Waals surface area contributed by atoms with Crippen LogP contribution in [0.15, 0.2) is 60.7 Å². The highest BCUT2D eigenvalue weighted by Crippen LogP contribution is 2.32. The molecule has 0 radical (unpaired) electrons. The number of hydrogen-bond acceptors (Lipinski definition) is 5. The molecule has 2 aromatic carbocycles. The second kappa shape index (κ2) is 7.14. The average molecular weight is 413 g/mol. The number of nitrogens with zero attached hydrogens (tertiary/aromatic N) is 4. The number of nitro groups is 1. The van der Waals surface area contributed by atoms with Crippen LogP contribution in [-0.4, -0.2) is 19.5 Å². The largest absolute Gasteiger partial charge is 0.416 e. The zero-order valence-electron chi connectivity index (χ0n) is 15.5. The molecule has 0 spiro atoms. The van der Waals surface area contributed by atoms with Crippen LogP contribution in [0.25, 0.3) is 16.9 Å². The number of pyridine rings is 1. The summed E-state index contributed by atoms with van der Waals surface area (Å²) in [7, 11) is 0. The minimum absolute atomic E-state index is 0.0885. The Kier molecular flexibility index (Phi) is 4.61. The predicted molar refractivity (Wildman–Crippen MR) is 105 cm³/mol. The van der Waals surface area contributed by atoms with Crippen LogP contribution >= 0.6 is 0 Å². The van der Waals surface area contributed by atoms with Crippen LogP contribution in [0.5, 0.6) is 0 Å². The highest BCUT2D eigenvalue weighted by Gasteiger charge is 2.30. The van der Waals surface area contributed by atoms with E-state index in [4.69, 9.17) is 0 Å². The van der Waals surface area contributed by atoms with E-state index in [1.807, 2.05) is 24.3 Å². The number of rotatable bonds is 4. The summed E-state index contributed by atoms with van der Waals surface area (Å²) in [5, 5.41) is 14.2. The Balaban J connectivity index is 1.77. The number of anilines is 2. The van der Waals surface area contributed by atoms with Gasteiger partial charge in [0, 0.05) is 11.8 Å². The van der Waals surface area contributed by atoms with Gasteiger partial charge in [0.05, 0.1) is 21.5 Å². The van der Waals surface area contributed by atoms with Crippen molar-refractivity contribution in [2.75, 3.05) is 5.32 Å². The van der Waals surface area contributed by atoms with Gasteiger partial charge in [0.15, 0.2) is 0 Å². The summed E-state index contributed by atoms with van der Waals surface area (Å²) >= 11 is 0. The Hall–Kier alpha value is -3.95. The Morgan fingerprint density at radius 1 is 1.00 bits per heavy atom. The molecular formula is C20H14F3N5O2. The smallest absolute Gasteiger partial charge is 0.334 e. The third-order valence-electron chi connectivity index (χ3n) is 4.49. The zero-order chi connectivity index (χ0) is 21.5. The van der Waals surface area contributed by atoms with Crippen molar-refractivity contribution in [1.82, 2.24) is 14.5 Å². The summed E-state index contributed by atoms with van der Waals surface area (Å²) < 4.78 is 40.0. The molecule has 0 saturated heterocycles. The maximum absolute atomic E-state index is 12.8. The molecule has 0 aliphatic carbocycles. The minimum Gasteiger partial charge on any atom is -0.334 e. The molecule has 0 saturated carbocycles. The van der Waals surface area contributed by atoms with Gasteiger partial charge in [-0.3, -0.25) is 14.7 Å².